The van der Waals surface area contributed by atoms with E-state index in [2.05, 4.69) is 4.98 Å². The van der Waals surface area contributed by atoms with Crippen molar-refractivity contribution in [3.8, 4) is 0 Å². The van der Waals surface area contributed by atoms with E-state index in [4.69, 9.17) is 17.3 Å². The summed E-state index contributed by atoms with van der Waals surface area (Å²) in [5.74, 6) is 0. The number of aromatic nitrogens is 1. The topological polar surface area (TPSA) is 38.9 Å². The Kier molecular flexibility index (Phi) is 3.17. The van der Waals surface area contributed by atoms with Gasteiger partial charge in [0, 0.05) is 6.54 Å². The van der Waals surface area contributed by atoms with E-state index >= 15 is 0 Å². The van der Waals surface area contributed by atoms with E-state index in [1.54, 1.807) is 6.92 Å². The lowest BCUT2D eigenvalue weighted by Gasteiger charge is -2.07. The Morgan fingerprint density at radius 3 is 2.69 bits per heavy atom. The summed E-state index contributed by atoms with van der Waals surface area (Å²) in [6.45, 7) is 1.88. The molecule has 5 heteroatoms. The third kappa shape index (κ3) is 2.14. The molecular weight excluding hydrogens is 198 g/mol. The molecule has 0 saturated carbocycles. The minimum atomic E-state index is -2.59. The molecule has 72 valence electrons. The van der Waals surface area contributed by atoms with Gasteiger partial charge in [0.15, 0.2) is 0 Å². The highest BCUT2D eigenvalue weighted by molar-refractivity contribution is 6.30. The minimum Gasteiger partial charge on any atom is -0.325 e. The van der Waals surface area contributed by atoms with Crippen LogP contribution in [-0.2, 0) is 6.54 Å². The Labute approximate surface area is 79.7 Å². The Morgan fingerprint density at radius 2 is 2.23 bits per heavy atom. The summed E-state index contributed by atoms with van der Waals surface area (Å²) in [4.78, 5) is 3.77. The van der Waals surface area contributed by atoms with Gasteiger partial charge in [-0.3, -0.25) is 0 Å². The summed E-state index contributed by atoms with van der Waals surface area (Å²) in [6.07, 6.45) is -2.59. The van der Waals surface area contributed by atoms with Gasteiger partial charge in [0.1, 0.15) is 5.15 Å². The van der Waals surface area contributed by atoms with Crippen molar-refractivity contribution in [3.63, 3.8) is 0 Å². The quantitative estimate of drug-likeness (QED) is 0.755. The average molecular weight is 207 g/mol. The van der Waals surface area contributed by atoms with Gasteiger partial charge in [-0.05, 0) is 18.6 Å². The van der Waals surface area contributed by atoms with Crippen molar-refractivity contribution in [1.82, 2.24) is 4.98 Å². The monoisotopic (exact) mass is 206 g/mol. The van der Waals surface area contributed by atoms with E-state index in [0.29, 0.717) is 11.3 Å². The molecule has 0 fully saturated rings. The molecule has 2 N–H and O–H groups in total. The molecule has 1 heterocycles. The number of nitrogens with two attached hydrogens (primary N) is 1. The van der Waals surface area contributed by atoms with Crippen LogP contribution in [0, 0.1) is 6.92 Å². The zero-order chi connectivity index (χ0) is 10.0. The summed E-state index contributed by atoms with van der Waals surface area (Å²) < 4.78 is 24.6. The molecule has 0 spiro atoms. The zero-order valence-corrected chi connectivity index (χ0v) is 7.78. The second kappa shape index (κ2) is 3.98. The van der Waals surface area contributed by atoms with Gasteiger partial charge in [0.2, 0.25) is 0 Å². The Bertz CT molecular complexity index is 315. The lowest BCUT2D eigenvalue weighted by molar-refractivity contribution is 0.151. The number of hydrogen-bond donors (Lipinski definition) is 1. The van der Waals surface area contributed by atoms with E-state index < -0.39 is 6.43 Å². The first-order valence-electron chi connectivity index (χ1n) is 3.70. The van der Waals surface area contributed by atoms with Crippen LogP contribution < -0.4 is 5.73 Å². The van der Waals surface area contributed by atoms with Gasteiger partial charge in [0.05, 0.1) is 11.3 Å². The van der Waals surface area contributed by atoms with Crippen molar-refractivity contribution in [2.24, 2.45) is 5.73 Å². The second-order valence-electron chi connectivity index (χ2n) is 2.64. The lowest BCUT2D eigenvalue weighted by atomic mass is 10.1. The van der Waals surface area contributed by atoms with Gasteiger partial charge in [-0.1, -0.05) is 11.6 Å². The van der Waals surface area contributed by atoms with E-state index in [9.17, 15) is 8.78 Å². The Morgan fingerprint density at radius 1 is 1.62 bits per heavy atom. The summed E-state index contributed by atoms with van der Waals surface area (Å²) in [7, 11) is 0. The van der Waals surface area contributed by atoms with E-state index in [1.165, 1.54) is 6.07 Å². The van der Waals surface area contributed by atoms with Gasteiger partial charge < -0.3 is 5.73 Å². The van der Waals surface area contributed by atoms with Crippen molar-refractivity contribution in [2.75, 3.05) is 0 Å². The van der Waals surface area contributed by atoms with Crippen LogP contribution in [0.15, 0.2) is 6.07 Å². The van der Waals surface area contributed by atoms with Crippen molar-refractivity contribution >= 4 is 11.6 Å². The number of pyridine rings is 1. The molecule has 0 saturated heterocycles. The fraction of sp³-hybridized carbons (Fsp3) is 0.375. The molecule has 0 radical (unpaired) electrons. The van der Waals surface area contributed by atoms with E-state index in [1.807, 2.05) is 0 Å². The highest BCUT2D eigenvalue weighted by atomic mass is 35.5. The van der Waals surface area contributed by atoms with Crippen molar-refractivity contribution in [2.45, 2.75) is 19.9 Å². The largest absolute Gasteiger partial charge is 0.325 e. The van der Waals surface area contributed by atoms with E-state index in [-0.39, 0.29) is 17.3 Å². The van der Waals surface area contributed by atoms with Gasteiger partial charge >= 0.3 is 0 Å². The van der Waals surface area contributed by atoms with Crippen LogP contribution in [0.1, 0.15) is 23.2 Å². The SMILES string of the molecule is Cc1cc(C(F)F)c(Cl)nc1CN. The third-order valence-electron chi connectivity index (χ3n) is 1.73. The number of rotatable bonds is 2. The van der Waals surface area contributed by atoms with Crippen LogP contribution in [0.3, 0.4) is 0 Å². The van der Waals surface area contributed by atoms with Crippen LogP contribution in [-0.4, -0.2) is 4.98 Å². The van der Waals surface area contributed by atoms with Gasteiger partial charge in [-0.25, -0.2) is 13.8 Å². The summed E-state index contributed by atoms with van der Waals surface area (Å²) in [5.41, 5.74) is 6.29. The molecule has 1 aromatic rings. The maximum Gasteiger partial charge on any atom is 0.266 e. The molecule has 0 aliphatic carbocycles. The fourth-order valence-corrected chi connectivity index (χ4v) is 1.25. The van der Waals surface area contributed by atoms with Crippen LogP contribution in [0.25, 0.3) is 0 Å². The molecule has 0 aliphatic heterocycles. The first kappa shape index (κ1) is 10.3. The standard InChI is InChI=1S/C8H9ClF2N2/c1-4-2-5(8(10)11)7(9)13-6(4)3-12/h2,8H,3,12H2,1H3. The maximum absolute atomic E-state index is 12.3. The van der Waals surface area contributed by atoms with Crippen molar-refractivity contribution in [1.29, 1.82) is 0 Å². The number of nitrogens with zero attached hydrogens (tertiary/aromatic N) is 1. The van der Waals surface area contributed by atoms with Gasteiger partial charge in [-0.2, -0.15) is 0 Å². The summed E-state index contributed by atoms with van der Waals surface area (Å²) >= 11 is 5.53. The van der Waals surface area contributed by atoms with Crippen LogP contribution in [0.4, 0.5) is 8.78 Å². The first-order chi connectivity index (χ1) is 6.06. The molecule has 13 heavy (non-hydrogen) atoms. The number of halogens is 3. The molecule has 1 rings (SSSR count). The molecule has 0 amide bonds. The second-order valence-corrected chi connectivity index (χ2v) is 2.99. The first-order valence-corrected chi connectivity index (χ1v) is 4.08. The molecule has 0 atom stereocenters. The van der Waals surface area contributed by atoms with Gasteiger partial charge in [-0.15, -0.1) is 0 Å². The van der Waals surface area contributed by atoms with Crippen LogP contribution >= 0.6 is 11.6 Å². The van der Waals surface area contributed by atoms with Crippen molar-refractivity contribution < 1.29 is 8.78 Å². The fourth-order valence-electron chi connectivity index (χ4n) is 1.01. The number of hydrogen-bond acceptors (Lipinski definition) is 2. The molecular formula is C8H9ClF2N2. The molecule has 2 nitrogen and oxygen atoms in total. The third-order valence-corrected chi connectivity index (χ3v) is 2.03. The average Bonchev–Trinajstić information content (AvgIpc) is 2.07. The highest BCUT2D eigenvalue weighted by Gasteiger charge is 2.14. The smallest absolute Gasteiger partial charge is 0.266 e. The highest BCUT2D eigenvalue weighted by Crippen LogP contribution is 2.26. The lowest BCUT2D eigenvalue weighted by Crippen LogP contribution is -2.04. The number of alkyl halides is 2. The molecule has 0 aromatic carbocycles. The van der Waals surface area contributed by atoms with Crippen molar-refractivity contribution in [3.05, 3.63) is 28.0 Å². The van der Waals surface area contributed by atoms with Gasteiger partial charge in [0.25, 0.3) is 6.43 Å². The molecule has 0 unspecified atom stereocenters. The Hall–Kier alpha value is -0.740. The molecule has 0 aliphatic rings. The summed E-state index contributed by atoms with van der Waals surface area (Å²) in [5, 5.41) is -0.166. The van der Waals surface area contributed by atoms with E-state index in [0.717, 1.165) is 0 Å². The Balaban J connectivity index is 3.20. The normalized spacial score (nSPS) is 10.9. The number of aryl methyl sites for hydroxylation is 1. The molecule has 1 aromatic heterocycles. The van der Waals surface area contributed by atoms with Crippen LogP contribution in [0.2, 0.25) is 5.15 Å². The molecule has 0 bridgehead atoms. The van der Waals surface area contributed by atoms with Crippen LogP contribution in [0.5, 0.6) is 0 Å². The zero-order valence-electron chi connectivity index (χ0n) is 7.02. The predicted octanol–water partition coefficient (Wildman–Crippen LogP) is 2.44. The predicted molar refractivity (Wildman–Crippen MR) is 46.8 cm³/mol. The maximum atomic E-state index is 12.3. The summed E-state index contributed by atoms with van der Waals surface area (Å²) in [6, 6.07) is 1.32. The minimum absolute atomic E-state index is 0.166.